The van der Waals surface area contributed by atoms with Gasteiger partial charge in [-0.3, -0.25) is 4.79 Å². The van der Waals surface area contributed by atoms with E-state index in [2.05, 4.69) is 0 Å². The van der Waals surface area contributed by atoms with E-state index in [1.54, 1.807) is 0 Å². The lowest BCUT2D eigenvalue weighted by Crippen LogP contribution is -2.38. The molecule has 0 aliphatic rings. The van der Waals surface area contributed by atoms with E-state index in [-0.39, 0.29) is 17.0 Å². The summed E-state index contributed by atoms with van der Waals surface area (Å²) in [5, 5.41) is 0. The lowest BCUT2D eigenvalue weighted by atomic mass is 10.1. The van der Waals surface area contributed by atoms with Crippen LogP contribution in [0.5, 0.6) is 0 Å². The molecule has 0 aromatic heterocycles. The van der Waals surface area contributed by atoms with Gasteiger partial charge in [-0.1, -0.05) is 30.3 Å². The molecule has 1 atom stereocenters. The van der Waals surface area contributed by atoms with Gasteiger partial charge in [-0.2, -0.15) is 0 Å². The van der Waals surface area contributed by atoms with E-state index in [0.717, 1.165) is 5.56 Å². The highest BCUT2D eigenvalue weighted by atomic mass is 79.9. The number of nitrogens with two attached hydrogens (primary N) is 2. The SMILES string of the molecule is Br.NC(=O)[C@@H](N)Cc1ccccc1. The van der Waals surface area contributed by atoms with E-state index in [1.807, 2.05) is 30.3 Å². The van der Waals surface area contributed by atoms with Crippen molar-refractivity contribution in [1.29, 1.82) is 0 Å². The van der Waals surface area contributed by atoms with Gasteiger partial charge in [0.1, 0.15) is 0 Å². The van der Waals surface area contributed by atoms with Crippen LogP contribution in [0.1, 0.15) is 5.56 Å². The van der Waals surface area contributed by atoms with Gasteiger partial charge in [0.05, 0.1) is 6.04 Å². The van der Waals surface area contributed by atoms with E-state index < -0.39 is 11.9 Å². The van der Waals surface area contributed by atoms with Crippen LogP contribution in [0.25, 0.3) is 0 Å². The minimum Gasteiger partial charge on any atom is -0.368 e. The number of halogens is 1. The van der Waals surface area contributed by atoms with Crippen molar-refractivity contribution in [3.8, 4) is 0 Å². The number of amides is 1. The normalized spacial score (nSPS) is 11.5. The van der Waals surface area contributed by atoms with Gasteiger partial charge in [0.25, 0.3) is 0 Å². The van der Waals surface area contributed by atoms with Gasteiger partial charge >= 0.3 is 0 Å². The zero-order valence-corrected chi connectivity index (χ0v) is 8.86. The van der Waals surface area contributed by atoms with Crippen LogP contribution >= 0.6 is 17.0 Å². The summed E-state index contributed by atoms with van der Waals surface area (Å²) in [7, 11) is 0. The van der Waals surface area contributed by atoms with Crippen LogP contribution in [0.2, 0.25) is 0 Å². The van der Waals surface area contributed by atoms with Crippen LogP contribution in [0, 0.1) is 0 Å². The number of carbonyl (C=O) groups is 1. The molecule has 1 aromatic carbocycles. The first-order chi connectivity index (χ1) is 5.70. The number of hydrogen-bond acceptors (Lipinski definition) is 2. The zero-order valence-electron chi connectivity index (χ0n) is 7.14. The van der Waals surface area contributed by atoms with Gasteiger partial charge in [-0.25, -0.2) is 0 Å². The Morgan fingerprint density at radius 3 is 2.31 bits per heavy atom. The topological polar surface area (TPSA) is 69.1 Å². The van der Waals surface area contributed by atoms with Crippen molar-refractivity contribution in [3.05, 3.63) is 35.9 Å². The maximum atomic E-state index is 10.6. The Bertz CT molecular complexity index is 264. The molecule has 0 bridgehead atoms. The summed E-state index contributed by atoms with van der Waals surface area (Å²) >= 11 is 0. The smallest absolute Gasteiger partial charge is 0.234 e. The fourth-order valence-corrected chi connectivity index (χ4v) is 0.969. The van der Waals surface area contributed by atoms with E-state index in [9.17, 15) is 4.79 Å². The molecular weight excluding hydrogens is 232 g/mol. The third-order valence-corrected chi connectivity index (χ3v) is 1.66. The number of benzene rings is 1. The van der Waals surface area contributed by atoms with Gasteiger partial charge < -0.3 is 11.5 Å². The fourth-order valence-electron chi connectivity index (χ4n) is 0.969. The van der Waals surface area contributed by atoms with Crippen LogP contribution in [0.15, 0.2) is 30.3 Å². The average molecular weight is 245 g/mol. The van der Waals surface area contributed by atoms with Crippen LogP contribution in [-0.4, -0.2) is 11.9 Å². The van der Waals surface area contributed by atoms with Gasteiger partial charge in [0, 0.05) is 0 Å². The van der Waals surface area contributed by atoms with Gasteiger partial charge in [-0.15, -0.1) is 17.0 Å². The second-order valence-electron chi connectivity index (χ2n) is 2.70. The molecule has 0 fully saturated rings. The summed E-state index contributed by atoms with van der Waals surface area (Å²) < 4.78 is 0. The van der Waals surface area contributed by atoms with E-state index in [4.69, 9.17) is 11.5 Å². The summed E-state index contributed by atoms with van der Waals surface area (Å²) in [6.45, 7) is 0. The lowest BCUT2D eigenvalue weighted by molar-refractivity contribution is -0.119. The minimum atomic E-state index is -0.576. The van der Waals surface area contributed by atoms with Crippen molar-refractivity contribution in [2.24, 2.45) is 11.5 Å². The van der Waals surface area contributed by atoms with Crippen molar-refractivity contribution in [2.75, 3.05) is 0 Å². The predicted molar refractivity (Wildman–Crippen MR) is 57.6 cm³/mol. The van der Waals surface area contributed by atoms with Crippen LogP contribution < -0.4 is 11.5 Å². The van der Waals surface area contributed by atoms with Crippen molar-refractivity contribution in [2.45, 2.75) is 12.5 Å². The number of primary amides is 1. The van der Waals surface area contributed by atoms with E-state index in [1.165, 1.54) is 0 Å². The molecule has 13 heavy (non-hydrogen) atoms. The Balaban J connectivity index is 0.00000144. The molecule has 1 amide bonds. The molecule has 0 heterocycles. The Hall–Kier alpha value is -0.870. The molecule has 1 rings (SSSR count). The summed E-state index contributed by atoms with van der Waals surface area (Å²) in [6, 6.07) is 8.99. The zero-order chi connectivity index (χ0) is 8.97. The molecule has 1 aromatic rings. The fraction of sp³-hybridized carbons (Fsp3) is 0.222. The Kier molecular flexibility index (Phi) is 5.34. The standard InChI is InChI=1S/C9H12N2O.BrH/c10-8(9(11)12)6-7-4-2-1-3-5-7;/h1-5,8H,6,10H2,(H2,11,12);1H/t8-;/m0./s1. The van der Waals surface area contributed by atoms with Gasteiger partial charge in [0.2, 0.25) is 5.91 Å². The van der Waals surface area contributed by atoms with E-state index >= 15 is 0 Å². The Morgan fingerprint density at radius 1 is 1.31 bits per heavy atom. The van der Waals surface area contributed by atoms with Gasteiger partial charge in [-0.05, 0) is 12.0 Å². The second-order valence-corrected chi connectivity index (χ2v) is 2.70. The molecule has 4 heteroatoms. The van der Waals surface area contributed by atoms with Crippen molar-refractivity contribution >= 4 is 22.9 Å². The van der Waals surface area contributed by atoms with E-state index in [0.29, 0.717) is 6.42 Å². The molecule has 0 spiro atoms. The van der Waals surface area contributed by atoms with Gasteiger partial charge in [0.15, 0.2) is 0 Å². The first-order valence-electron chi connectivity index (χ1n) is 3.79. The second kappa shape index (κ2) is 5.72. The largest absolute Gasteiger partial charge is 0.368 e. The highest BCUT2D eigenvalue weighted by Gasteiger charge is 2.08. The number of hydrogen-bond donors (Lipinski definition) is 2. The average Bonchev–Trinajstić information content (AvgIpc) is 2.06. The number of rotatable bonds is 3. The predicted octanol–water partition coefficient (Wildman–Crippen LogP) is 0.620. The Morgan fingerprint density at radius 2 is 1.85 bits per heavy atom. The first kappa shape index (κ1) is 12.1. The molecular formula is C9H13BrN2O. The summed E-state index contributed by atoms with van der Waals surface area (Å²) in [6.07, 6.45) is 0.510. The monoisotopic (exact) mass is 244 g/mol. The molecule has 3 nitrogen and oxygen atoms in total. The first-order valence-corrected chi connectivity index (χ1v) is 3.79. The lowest BCUT2D eigenvalue weighted by Gasteiger charge is -2.06. The molecule has 0 saturated heterocycles. The van der Waals surface area contributed by atoms with Crippen molar-refractivity contribution < 1.29 is 4.79 Å². The third kappa shape index (κ3) is 4.05. The minimum absolute atomic E-state index is 0. The highest BCUT2D eigenvalue weighted by Crippen LogP contribution is 2.00. The molecule has 0 aliphatic carbocycles. The van der Waals surface area contributed by atoms with Crippen LogP contribution in [-0.2, 0) is 11.2 Å². The van der Waals surface area contributed by atoms with Crippen molar-refractivity contribution in [3.63, 3.8) is 0 Å². The van der Waals surface area contributed by atoms with Crippen LogP contribution in [0.4, 0.5) is 0 Å². The summed E-state index contributed by atoms with van der Waals surface area (Å²) in [4.78, 5) is 10.6. The molecule has 0 aliphatic heterocycles. The third-order valence-electron chi connectivity index (χ3n) is 1.66. The quantitative estimate of drug-likeness (QED) is 0.819. The summed E-state index contributed by atoms with van der Waals surface area (Å²) in [5.41, 5.74) is 11.5. The molecule has 0 radical (unpaired) electrons. The molecule has 0 unspecified atom stereocenters. The summed E-state index contributed by atoms with van der Waals surface area (Å²) in [5.74, 6) is -0.459. The van der Waals surface area contributed by atoms with Crippen molar-refractivity contribution in [1.82, 2.24) is 0 Å². The molecule has 4 N–H and O–H groups in total. The maximum Gasteiger partial charge on any atom is 0.234 e. The number of carbonyl (C=O) groups excluding carboxylic acids is 1. The highest BCUT2D eigenvalue weighted by molar-refractivity contribution is 8.93. The van der Waals surface area contributed by atoms with Crippen LogP contribution in [0.3, 0.4) is 0 Å². The molecule has 72 valence electrons. The Labute approximate surface area is 87.9 Å². The molecule has 0 saturated carbocycles. The maximum absolute atomic E-state index is 10.6.